The van der Waals surface area contributed by atoms with Gasteiger partial charge in [0.15, 0.2) is 0 Å². The van der Waals surface area contributed by atoms with Crippen LogP contribution in [-0.2, 0) is 13.6 Å². The van der Waals surface area contributed by atoms with Crippen molar-refractivity contribution in [2.75, 3.05) is 34.0 Å². The third-order valence-electron chi connectivity index (χ3n) is 3.64. The van der Waals surface area contributed by atoms with Crippen LogP contribution in [0.5, 0.6) is 0 Å². The number of nitrogens with zero attached hydrogens (tertiary/aromatic N) is 1. The molecule has 0 aromatic rings. The molecule has 0 atom stereocenters. The van der Waals surface area contributed by atoms with E-state index < -0.39 is 25.0 Å². The second-order valence-corrected chi connectivity index (χ2v) is 21.2. The van der Waals surface area contributed by atoms with Crippen LogP contribution in [0, 0.1) is 0 Å². The fourth-order valence-electron chi connectivity index (χ4n) is 2.48. The monoisotopic (exact) mass is 337 g/mol. The average Bonchev–Trinajstić information content (AvgIpc) is 2.30. The minimum absolute atomic E-state index is 0.732. The quantitative estimate of drug-likeness (QED) is 0.452. The molecule has 0 unspecified atom stereocenters. The van der Waals surface area contributed by atoms with E-state index in [0.29, 0.717) is 0 Å². The van der Waals surface area contributed by atoms with E-state index in [2.05, 4.69) is 50.1 Å². The molecule has 0 rings (SSSR count). The van der Waals surface area contributed by atoms with E-state index in [9.17, 15) is 0 Å². The van der Waals surface area contributed by atoms with Crippen molar-refractivity contribution in [2.45, 2.75) is 51.9 Å². The van der Waals surface area contributed by atoms with Gasteiger partial charge in [0.1, 0.15) is 16.5 Å². The van der Waals surface area contributed by atoms with Crippen LogP contribution in [0.25, 0.3) is 0 Å². The topological polar surface area (TPSA) is 30.9 Å². The largest absolute Gasteiger partial charge is 0.398 e. The van der Waals surface area contributed by atoms with Gasteiger partial charge in [0, 0.05) is 33.4 Å². The van der Waals surface area contributed by atoms with E-state index in [1.54, 1.807) is 14.2 Å². The molecule has 0 aromatic carbocycles. The minimum Gasteiger partial charge on any atom is -0.398 e. The fraction of sp³-hybridized carbons (Fsp3) is 1.00. The van der Waals surface area contributed by atoms with Crippen LogP contribution in [0.15, 0.2) is 0 Å². The van der Waals surface area contributed by atoms with Crippen molar-refractivity contribution in [3.05, 3.63) is 0 Å². The molecule has 0 aliphatic rings. The molecule has 0 saturated carbocycles. The molecular weight excluding hydrogens is 302 g/mol. The molecule has 0 saturated heterocycles. The number of ether oxygens (including phenoxy) is 1. The molecule has 0 radical (unpaired) electrons. The highest BCUT2D eigenvalue weighted by Gasteiger charge is 2.34. The first-order valence-corrected chi connectivity index (χ1v) is 16.8. The Morgan fingerprint density at radius 2 is 1.20 bits per heavy atom. The van der Waals surface area contributed by atoms with Gasteiger partial charge in [0.05, 0.1) is 6.61 Å². The third-order valence-corrected chi connectivity index (χ3v) is 14.2. The maximum absolute atomic E-state index is 5.83. The van der Waals surface area contributed by atoms with Crippen LogP contribution >= 0.6 is 0 Å². The van der Waals surface area contributed by atoms with Gasteiger partial charge in [-0.3, -0.25) is 0 Å². The van der Waals surface area contributed by atoms with E-state index in [-0.39, 0.29) is 0 Å². The Morgan fingerprint density at radius 1 is 0.750 bits per heavy atom. The first-order chi connectivity index (χ1) is 8.96. The Balaban J connectivity index is 4.16. The molecule has 122 valence electrons. The summed E-state index contributed by atoms with van der Waals surface area (Å²) < 4.78 is 19.5. The lowest BCUT2D eigenvalue weighted by Crippen LogP contribution is -2.60. The van der Waals surface area contributed by atoms with Gasteiger partial charge in [-0.15, -0.1) is 0 Å². The molecule has 0 aliphatic heterocycles. The number of rotatable bonds is 10. The summed E-state index contributed by atoms with van der Waals surface area (Å²) in [6.45, 7) is 19.2. The van der Waals surface area contributed by atoms with Crippen molar-refractivity contribution >= 4 is 25.0 Å². The maximum atomic E-state index is 5.83. The lowest BCUT2D eigenvalue weighted by atomic mass is 10.7. The lowest BCUT2D eigenvalue weighted by Gasteiger charge is -2.43. The van der Waals surface area contributed by atoms with Crippen LogP contribution in [-0.4, -0.2) is 63.2 Å². The number of hydrogen-bond acceptors (Lipinski definition) is 4. The molecule has 20 heavy (non-hydrogen) atoms. The van der Waals surface area contributed by atoms with E-state index in [1.807, 2.05) is 0 Å². The van der Waals surface area contributed by atoms with Gasteiger partial charge in [-0.25, -0.2) is 0 Å². The lowest BCUT2D eigenvalue weighted by molar-refractivity contribution is 0.132. The summed E-state index contributed by atoms with van der Waals surface area (Å²) in [5, 5.41) is 0. The Morgan fingerprint density at radius 3 is 1.55 bits per heavy atom. The Kier molecular flexibility index (Phi) is 8.41. The normalized spacial score (nSPS) is 14.1. The third kappa shape index (κ3) is 7.49. The molecule has 4 nitrogen and oxygen atoms in total. The van der Waals surface area contributed by atoms with Crippen molar-refractivity contribution in [3.63, 3.8) is 0 Å². The van der Waals surface area contributed by atoms with E-state index in [0.717, 1.165) is 25.8 Å². The SMILES string of the molecule is CO[Si](C)(CCOCCN([Si](C)(C)C)[Si](C)(C)C)OC. The first-order valence-electron chi connectivity index (χ1n) is 7.42. The molecule has 0 bridgehead atoms. The van der Waals surface area contributed by atoms with Crippen molar-refractivity contribution in [1.29, 1.82) is 0 Å². The zero-order valence-electron chi connectivity index (χ0n) is 15.0. The van der Waals surface area contributed by atoms with Gasteiger partial charge in [0.25, 0.3) is 0 Å². The zero-order valence-corrected chi connectivity index (χ0v) is 18.0. The van der Waals surface area contributed by atoms with Crippen molar-refractivity contribution in [3.8, 4) is 0 Å². The highest BCUT2D eigenvalue weighted by molar-refractivity contribution is 6.89. The summed E-state index contributed by atoms with van der Waals surface area (Å²) >= 11 is 0. The van der Waals surface area contributed by atoms with Gasteiger partial charge >= 0.3 is 8.56 Å². The molecule has 0 amide bonds. The maximum Gasteiger partial charge on any atom is 0.336 e. The molecule has 0 N–H and O–H groups in total. The van der Waals surface area contributed by atoms with E-state index in [1.165, 1.54) is 0 Å². The second-order valence-electron chi connectivity index (χ2n) is 7.40. The predicted molar refractivity (Wildman–Crippen MR) is 94.7 cm³/mol. The predicted octanol–water partition coefficient (Wildman–Crippen LogP) is 3.34. The summed E-state index contributed by atoms with van der Waals surface area (Å²) in [5.41, 5.74) is 0. The Labute approximate surface area is 129 Å². The summed E-state index contributed by atoms with van der Waals surface area (Å²) in [4.78, 5) is 0. The summed E-state index contributed by atoms with van der Waals surface area (Å²) in [6.07, 6.45) is 0. The van der Waals surface area contributed by atoms with Gasteiger partial charge in [-0.1, -0.05) is 39.3 Å². The molecule has 0 aromatic heterocycles. The van der Waals surface area contributed by atoms with E-state index in [4.69, 9.17) is 13.6 Å². The van der Waals surface area contributed by atoms with Crippen LogP contribution in [0.3, 0.4) is 0 Å². The molecule has 0 fully saturated rings. The molecule has 0 spiro atoms. The molecule has 7 heteroatoms. The van der Waals surface area contributed by atoms with Crippen LogP contribution < -0.4 is 0 Å². The average molecular weight is 338 g/mol. The summed E-state index contributed by atoms with van der Waals surface area (Å²) in [7, 11) is -1.03. The molecular formula is C13H35NO3Si3. The number of hydrogen-bond donors (Lipinski definition) is 0. The second kappa shape index (κ2) is 8.21. The van der Waals surface area contributed by atoms with Crippen LogP contribution in [0.1, 0.15) is 0 Å². The Hall–Kier alpha value is 0.491. The minimum atomic E-state index is -1.97. The van der Waals surface area contributed by atoms with Crippen molar-refractivity contribution < 1.29 is 13.6 Å². The fourth-order valence-corrected chi connectivity index (χ4v) is 13.1. The van der Waals surface area contributed by atoms with Crippen molar-refractivity contribution in [2.24, 2.45) is 0 Å². The molecule has 0 heterocycles. The molecule has 0 aliphatic carbocycles. The highest BCUT2D eigenvalue weighted by atomic mass is 28.4. The zero-order chi connectivity index (χ0) is 16.0. The summed E-state index contributed by atoms with van der Waals surface area (Å²) in [5.74, 6) is 0. The standard InChI is InChI=1S/C13H35NO3Si3/c1-15-20(9,16-2)13-12-17-11-10-14(18(3,4)5)19(6,7)8/h10-13H2,1-9H3. The van der Waals surface area contributed by atoms with E-state index >= 15 is 0 Å². The van der Waals surface area contributed by atoms with Gasteiger partial charge in [0.2, 0.25) is 0 Å². The van der Waals surface area contributed by atoms with Gasteiger partial charge in [-0.2, -0.15) is 0 Å². The smallest absolute Gasteiger partial charge is 0.336 e. The van der Waals surface area contributed by atoms with Crippen LogP contribution in [0.4, 0.5) is 0 Å². The highest BCUT2D eigenvalue weighted by Crippen LogP contribution is 2.19. The van der Waals surface area contributed by atoms with Gasteiger partial charge < -0.3 is 17.8 Å². The van der Waals surface area contributed by atoms with Crippen molar-refractivity contribution in [1.82, 2.24) is 4.23 Å². The first kappa shape index (κ1) is 20.5. The Bertz CT molecular complexity index is 259. The summed E-state index contributed by atoms with van der Waals surface area (Å²) in [6, 6.07) is 0.889. The van der Waals surface area contributed by atoms with Crippen LogP contribution in [0.2, 0.25) is 51.9 Å². The van der Waals surface area contributed by atoms with Gasteiger partial charge in [-0.05, 0) is 6.55 Å².